The molecule has 0 saturated heterocycles. The minimum Gasteiger partial charge on any atom is -0.309 e. The quantitative estimate of drug-likeness (QED) is 0.116. The molecule has 1 heteroatoms. The molecular weight excluding hydrogens is 591 g/mol. The highest BCUT2D eigenvalue weighted by Gasteiger charge is 2.17. The molecule has 0 radical (unpaired) electrons. The maximum Gasteiger partial charge on any atom is 0.0541 e. The third-order valence-electron chi connectivity index (χ3n) is 10.5. The summed E-state index contributed by atoms with van der Waals surface area (Å²) in [5.41, 5.74) is 9.87. The van der Waals surface area contributed by atoms with Crippen LogP contribution in [0.5, 0.6) is 0 Å². The van der Waals surface area contributed by atoms with Gasteiger partial charge in [-0.15, -0.1) is 0 Å². The van der Waals surface area contributed by atoms with E-state index in [1.54, 1.807) is 0 Å². The Morgan fingerprint density at radius 2 is 1.22 bits per heavy atom. The van der Waals surface area contributed by atoms with Gasteiger partial charge in [-0.3, -0.25) is 0 Å². The maximum atomic E-state index is 4.62. The van der Waals surface area contributed by atoms with E-state index in [4.69, 9.17) is 0 Å². The molecule has 8 aromatic rings. The molecule has 0 fully saturated rings. The molecule has 1 atom stereocenters. The third-order valence-corrected chi connectivity index (χ3v) is 10.5. The summed E-state index contributed by atoms with van der Waals surface area (Å²) < 4.78 is 2.44. The van der Waals surface area contributed by atoms with E-state index in [0.717, 1.165) is 12.8 Å². The minimum absolute atomic E-state index is 0.386. The van der Waals surface area contributed by atoms with Crippen molar-refractivity contribution in [3.8, 4) is 5.69 Å². The van der Waals surface area contributed by atoms with Gasteiger partial charge >= 0.3 is 0 Å². The number of aromatic nitrogens is 1. The highest BCUT2D eigenvalue weighted by molar-refractivity contribution is 6.25. The van der Waals surface area contributed by atoms with E-state index in [0.29, 0.717) is 5.92 Å². The summed E-state index contributed by atoms with van der Waals surface area (Å²) >= 11 is 0. The normalized spacial score (nSPS) is 13.0. The smallest absolute Gasteiger partial charge is 0.0541 e. The number of nitrogens with zero attached hydrogens (tertiary/aromatic N) is 1. The first-order valence-electron chi connectivity index (χ1n) is 17.5. The lowest BCUT2D eigenvalue weighted by Crippen LogP contribution is -2.00. The van der Waals surface area contributed by atoms with Gasteiger partial charge in [0.15, 0.2) is 0 Å². The van der Waals surface area contributed by atoms with E-state index >= 15 is 0 Å². The number of allylic oxidation sites excluding steroid dienone is 5. The SMILES string of the molecule is C=C(/C(=C\C=C/Cc1ccccc1C)c1ccc2c(c1)c1ccccc1n2-c1ccc2c3ccccc3c3ccccc3c2c1)C(C)CC. The monoisotopic (exact) mass is 631 g/mol. The van der Waals surface area contributed by atoms with E-state index < -0.39 is 0 Å². The van der Waals surface area contributed by atoms with Crippen molar-refractivity contribution < 1.29 is 0 Å². The van der Waals surface area contributed by atoms with Gasteiger partial charge in [-0.1, -0.05) is 142 Å². The van der Waals surface area contributed by atoms with Gasteiger partial charge in [0, 0.05) is 16.5 Å². The topological polar surface area (TPSA) is 4.93 Å². The lowest BCUT2D eigenvalue weighted by molar-refractivity contribution is 0.676. The number of aryl methyl sites for hydroxylation is 1. The molecule has 7 aromatic carbocycles. The highest BCUT2D eigenvalue weighted by atomic mass is 15.0. The van der Waals surface area contributed by atoms with Gasteiger partial charge < -0.3 is 4.57 Å². The molecule has 0 aliphatic heterocycles. The Bertz CT molecular complexity index is 2570. The molecular formula is C48H41N. The number of para-hydroxylation sites is 1. The predicted molar refractivity (Wildman–Crippen MR) is 214 cm³/mol. The summed E-state index contributed by atoms with van der Waals surface area (Å²) in [6, 6.07) is 49.0. The highest BCUT2D eigenvalue weighted by Crippen LogP contribution is 2.39. The first-order valence-corrected chi connectivity index (χ1v) is 17.5. The summed E-state index contributed by atoms with van der Waals surface area (Å²) in [6.07, 6.45) is 8.72. The van der Waals surface area contributed by atoms with Crippen molar-refractivity contribution in [2.24, 2.45) is 5.92 Å². The molecule has 0 saturated carbocycles. The molecule has 1 aromatic heterocycles. The van der Waals surface area contributed by atoms with Gasteiger partial charge in [0.25, 0.3) is 0 Å². The number of hydrogen-bond acceptors (Lipinski definition) is 0. The Kier molecular flexibility index (Phi) is 7.98. The van der Waals surface area contributed by atoms with Gasteiger partial charge in [-0.05, 0) is 116 Å². The molecule has 0 bridgehead atoms. The molecule has 0 spiro atoms. The van der Waals surface area contributed by atoms with Crippen molar-refractivity contribution >= 4 is 59.7 Å². The van der Waals surface area contributed by atoms with Crippen LogP contribution in [0.3, 0.4) is 0 Å². The number of hydrogen-bond donors (Lipinski definition) is 0. The van der Waals surface area contributed by atoms with Crippen molar-refractivity contribution in [2.75, 3.05) is 0 Å². The van der Waals surface area contributed by atoms with Crippen LogP contribution in [-0.4, -0.2) is 4.57 Å². The Labute approximate surface area is 289 Å². The van der Waals surface area contributed by atoms with Crippen LogP contribution in [-0.2, 0) is 6.42 Å². The van der Waals surface area contributed by atoms with Crippen molar-refractivity contribution in [2.45, 2.75) is 33.6 Å². The average Bonchev–Trinajstić information content (AvgIpc) is 3.48. The number of benzene rings is 7. The summed E-state index contributed by atoms with van der Waals surface area (Å²) in [5, 5.41) is 10.3. The molecule has 1 unspecified atom stereocenters. The van der Waals surface area contributed by atoms with Gasteiger partial charge in [-0.25, -0.2) is 0 Å². The molecule has 8 rings (SSSR count). The van der Waals surface area contributed by atoms with Crippen molar-refractivity contribution in [1.82, 2.24) is 4.57 Å². The van der Waals surface area contributed by atoms with E-state index in [1.165, 1.54) is 87.6 Å². The van der Waals surface area contributed by atoms with Crippen molar-refractivity contribution in [1.29, 1.82) is 0 Å². The van der Waals surface area contributed by atoms with E-state index in [9.17, 15) is 0 Å². The Morgan fingerprint density at radius 3 is 1.92 bits per heavy atom. The van der Waals surface area contributed by atoms with Crippen LogP contribution in [0.4, 0.5) is 0 Å². The number of rotatable bonds is 8. The Morgan fingerprint density at radius 1 is 0.633 bits per heavy atom. The predicted octanol–water partition coefficient (Wildman–Crippen LogP) is 13.3. The third kappa shape index (κ3) is 5.36. The summed E-state index contributed by atoms with van der Waals surface area (Å²) in [4.78, 5) is 0. The van der Waals surface area contributed by atoms with Crippen LogP contribution < -0.4 is 0 Å². The van der Waals surface area contributed by atoms with E-state index in [2.05, 4.69) is 184 Å². The van der Waals surface area contributed by atoms with Crippen LogP contribution in [0, 0.1) is 12.8 Å². The average molecular weight is 632 g/mol. The van der Waals surface area contributed by atoms with Gasteiger partial charge in [0.1, 0.15) is 0 Å². The summed E-state index contributed by atoms with van der Waals surface area (Å²) in [6.45, 7) is 11.3. The Hall–Kier alpha value is -5.66. The van der Waals surface area contributed by atoms with Crippen LogP contribution >= 0.6 is 0 Å². The van der Waals surface area contributed by atoms with Crippen LogP contribution in [0.1, 0.15) is 37.0 Å². The summed E-state index contributed by atoms with van der Waals surface area (Å²) in [7, 11) is 0. The molecule has 0 aliphatic carbocycles. The van der Waals surface area contributed by atoms with Crippen LogP contribution in [0.2, 0.25) is 0 Å². The fourth-order valence-corrected chi connectivity index (χ4v) is 7.55. The van der Waals surface area contributed by atoms with Gasteiger partial charge in [-0.2, -0.15) is 0 Å². The second kappa shape index (κ2) is 12.7. The zero-order valence-corrected chi connectivity index (χ0v) is 28.6. The largest absolute Gasteiger partial charge is 0.309 e. The standard InChI is InChI=1S/C48H41N/c1-5-32(2)34(4)38(19-9-8-18-35-17-7-6-16-33(35)3)36-26-29-48-46(30-36)44-24-14-15-25-47(44)49(48)37-27-28-43-41-22-11-10-20-39(41)40-21-12-13-23-42(40)45(43)31-37/h6-17,19-32H,4-5,18H2,1-3H3/b9-8-,38-19+. The lowest BCUT2D eigenvalue weighted by Gasteiger charge is -2.17. The second-order valence-electron chi connectivity index (χ2n) is 13.4. The van der Waals surface area contributed by atoms with Crippen LogP contribution in [0.25, 0.3) is 65.4 Å². The molecule has 1 heterocycles. The van der Waals surface area contributed by atoms with Crippen molar-refractivity contribution in [3.05, 3.63) is 181 Å². The zero-order chi connectivity index (χ0) is 33.5. The maximum absolute atomic E-state index is 4.62. The molecule has 0 N–H and O–H groups in total. The summed E-state index contributed by atoms with van der Waals surface area (Å²) in [5.74, 6) is 0.386. The van der Waals surface area contributed by atoms with E-state index in [1.807, 2.05) is 0 Å². The molecule has 238 valence electrons. The van der Waals surface area contributed by atoms with E-state index in [-0.39, 0.29) is 0 Å². The van der Waals surface area contributed by atoms with Gasteiger partial charge in [0.05, 0.1) is 11.0 Å². The zero-order valence-electron chi connectivity index (χ0n) is 28.6. The van der Waals surface area contributed by atoms with Crippen LogP contribution in [0.15, 0.2) is 164 Å². The molecule has 0 aliphatic rings. The second-order valence-corrected chi connectivity index (χ2v) is 13.4. The number of fused-ring (bicyclic) bond motifs is 9. The van der Waals surface area contributed by atoms with Crippen molar-refractivity contribution in [3.63, 3.8) is 0 Å². The van der Waals surface area contributed by atoms with Gasteiger partial charge in [0.2, 0.25) is 0 Å². The fourth-order valence-electron chi connectivity index (χ4n) is 7.55. The fraction of sp³-hybridized carbons (Fsp3) is 0.125. The lowest BCUT2D eigenvalue weighted by atomic mass is 9.88. The molecule has 1 nitrogen and oxygen atoms in total. The molecule has 49 heavy (non-hydrogen) atoms. The Balaban J connectivity index is 1.29. The minimum atomic E-state index is 0.386. The molecule has 0 amide bonds. The first kappa shape index (κ1) is 30.7. The first-order chi connectivity index (χ1) is 24.0.